The summed E-state index contributed by atoms with van der Waals surface area (Å²) in [6.45, 7) is 9.02. The third kappa shape index (κ3) is 3.91. The summed E-state index contributed by atoms with van der Waals surface area (Å²) < 4.78 is 16.9. The maximum Gasteiger partial charge on any atom is 0.158 e. The van der Waals surface area contributed by atoms with E-state index in [0.717, 1.165) is 52.2 Å². The second kappa shape index (κ2) is 6.69. The Morgan fingerprint density at radius 1 is 1.18 bits per heavy atom. The molecule has 2 fully saturated rings. The molecule has 2 unspecified atom stereocenters. The van der Waals surface area contributed by atoms with Gasteiger partial charge in [-0.2, -0.15) is 0 Å². The highest BCUT2D eigenvalue weighted by molar-refractivity contribution is 4.77. The Kier molecular flexibility index (Phi) is 5.22. The van der Waals surface area contributed by atoms with Gasteiger partial charge in [0, 0.05) is 25.6 Å². The van der Waals surface area contributed by atoms with Crippen LogP contribution in [0.4, 0.5) is 0 Å². The average molecular weight is 243 g/mol. The van der Waals surface area contributed by atoms with Gasteiger partial charge in [0.2, 0.25) is 0 Å². The molecule has 0 spiro atoms. The third-order valence-corrected chi connectivity index (χ3v) is 3.60. The summed E-state index contributed by atoms with van der Waals surface area (Å²) in [6.07, 6.45) is 3.52. The lowest BCUT2D eigenvalue weighted by Gasteiger charge is -2.39. The zero-order valence-electron chi connectivity index (χ0n) is 11.1. The molecule has 0 bridgehead atoms. The molecule has 2 aliphatic heterocycles. The van der Waals surface area contributed by atoms with Crippen molar-refractivity contribution in [2.75, 3.05) is 32.9 Å². The van der Waals surface area contributed by atoms with E-state index in [1.165, 1.54) is 0 Å². The lowest BCUT2D eigenvalue weighted by Crippen LogP contribution is -2.49. The molecule has 0 aromatic carbocycles. The third-order valence-electron chi connectivity index (χ3n) is 3.60. The Labute approximate surface area is 104 Å². The molecule has 0 aromatic rings. The van der Waals surface area contributed by atoms with Crippen LogP contribution in [0.1, 0.15) is 33.1 Å². The first-order valence-electron chi connectivity index (χ1n) is 6.88. The van der Waals surface area contributed by atoms with Crippen LogP contribution < -0.4 is 0 Å². The number of ether oxygens (including phenoxy) is 3. The molecule has 2 saturated heterocycles. The molecule has 0 radical (unpaired) electrons. The summed E-state index contributed by atoms with van der Waals surface area (Å²) in [5, 5.41) is 0. The van der Waals surface area contributed by atoms with Crippen LogP contribution in [0, 0.1) is 0 Å². The topological polar surface area (TPSA) is 30.9 Å². The van der Waals surface area contributed by atoms with Crippen LogP contribution >= 0.6 is 0 Å². The van der Waals surface area contributed by atoms with Crippen LogP contribution in [-0.4, -0.2) is 56.2 Å². The SMILES string of the molecule is CCC1COC(C)CN1CCC1OCCCO1. The minimum Gasteiger partial charge on any atom is -0.376 e. The first kappa shape index (κ1) is 13.3. The summed E-state index contributed by atoms with van der Waals surface area (Å²) in [5.41, 5.74) is 0. The minimum atomic E-state index is 0.0133. The van der Waals surface area contributed by atoms with Crippen LogP contribution in [-0.2, 0) is 14.2 Å². The molecule has 4 nitrogen and oxygen atoms in total. The van der Waals surface area contributed by atoms with Crippen molar-refractivity contribution >= 4 is 0 Å². The first-order valence-corrected chi connectivity index (χ1v) is 6.88. The standard InChI is InChI=1S/C13H25NO3/c1-3-12-10-17-11(2)9-14(12)6-5-13-15-7-4-8-16-13/h11-13H,3-10H2,1-2H3. The van der Waals surface area contributed by atoms with E-state index in [-0.39, 0.29) is 6.29 Å². The van der Waals surface area contributed by atoms with Crippen molar-refractivity contribution < 1.29 is 14.2 Å². The zero-order valence-corrected chi connectivity index (χ0v) is 11.1. The van der Waals surface area contributed by atoms with Crippen molar-refractivity contribution in [1.82, 2.24) is 4.90 Å². The zero-order chi connectivity index (χ0) is 12.1. The Morgan fingerprint density at radius 3 is 2.65 bits per heavy atom. The second-order valence-corrected chi connectivity index (χ2v) is 5.01. The number of nitrogens with zero attached hydrogens (tertiary/aromatic N) is 1. The fourth-order valence-corrected chi connectivity index (χ4v) is 2.54. The Balaban J connectivity index is 1.74. The van der Waals surface area contributed by atoms with Gasteiger partial charge in [-0.25, -0.2) is 0 Å². The van der Waals surface area contributed by atoms with E-state index in [2.05, 4.69) is 18.7 Å². The molecule has 0 amide bonds. The first-order chi connectivity index (χ1) is 8.29. The maximum absolute atomic E-state index is 5.70. The van der Waals surface area contributed by atoms with Crippen LogP contribution in [0.2, 0.25) is 0 Å². The van der Waals surface area contributed by atoms with Gasteiger partial charge in [-0.3, -0.25) is 4.90 Å². The Hall–Kier alpha value is -0.160. The van der Waals surface area contributed by atoms with E-state index in [0.29, 0.717) is 12.1 Å². The highest BCUT2D eigenvalue weighted by Gasteiger charge is 2.26. The number of hydrogen-bond acceptors (Lipinski definition) is 4. The summed E-state index contributed by atoms with van der Waals surface area (Å²) in [6, 6.07) is 0.565. The molecule has 0 saturated carbocycles. The lowest BCUT2D eigenvalue weighted by molar-refractivity contribution is -0.185. The van der Waals surface area contributed by atoms with Gasteiger partial charge in [-0.1, -0.05) is 6.92 Å². The summed E-state index contributed by atoms with van der Waals surface area (Å²) in [5.74, 6) is 0. The van der Waals surface area contributed by atoms with E-state index in [1.54, 1.807) is 0 Å². The molecule has 0 aliphatic carbocycles. The van der Waals surface area contributed by atoms with Gasteiger partial charge in [0.25, 0.3) is 0 Å². The molecule has 0 N–H and O–H groups in total. The second-order valence-electron chi connectivity index (χ2n) is 5.01. The van der Waals surface area contributed by atoms with Crippen molar-refractivity contribution in [1.29, 1.82) is 0 Å². The minimum absolute atomic E-state index is 0.0133. The van der Waals surface area contributed by atoms with E-state index in [1.807, 2.05) is 0 Å². The quantitative estimate of drug-likeness (QED) is 0.751. The molecule has 0 aromatic heterocycles. The van der Waals surface area contributed by atoms with Gasteiger partial charge in [0.1, 0.15) is 0 Å². The Morgan fingerprint density at radius 2 is 1.94 bits per heavy atom. The summed E-state index contributed by atoms with van der Waals surface area (Å²) in [4.78, 5) is 2.52. The van der Waals surface area contributed by atoms with Gasteiger partial charge in [-0.15, -0.1) is 0 Å². The summed E-state index contributed by atoms with van der Waals surface area (Å²) >= 11 is 0. The van der Waals surface area contributed by atoms with E-state index >= 15 is 0 Å². The van der Waals surface area contributed by atoms with Gasteiger partial charge >= 0.3 is 0 Å². The molecule has 17 heavy (non-hydrogen) atoms. The Bertz CT molecular complexity index is 219. The van der Waals surface area contributed by atoms with Crippen molar-refractivity contribution in [3.8, 4) is 0 Å². The highest BCUT2D eigenvalue weighted by Crippen LogP contribution is 2.17. The molecular weight excluding hydrogens is 218 g/mol. The van der Waals surface area contributed by atoms with Gasteiger partial charge < -0.3 is 14.2 Å². The molecule has 2 rings (SSSR count). The monoisotopic (exact) mass is 243 g/mol. The molecule has 2 aliphatic rings. The van der Waals surface area contributed by atoms with Crippen LogP contribution in [0.15, 0.2) is 0 Å². The van der Waals surface area contributed by atoms with E-state index < -0.39 is 0 Å². The maximum atomic E-state index is 5.70. The molecule has 4 heteroatoms. The average Bonchev–Trinajstić information content (AvgIpc) is 2.38. The van der Waals surface area contributed by atoms with Crippen LogP contribution in [0.25, 0.3) is 0 Å². The number of rotatable bonds is 4. The predicted molar refractivity (Wildman–Crippen MR) is 66.0 cm³/mol. The molecule has 2 heterocycles. The van der Waals surface area contributed by atoms with Crippen molar-refractivity contribution in [3.63, 3.8) is 0 Å². The number of morpholine rings is 1. The van der Waals surface area contributed by atoms with Gasteiger partial charge in [0.15, 0.2) is 6.29 Å². The van der Waals surface area contributed by atoms with Gasteiger partial charge in [-0.05, 0) is 19.8 Å². The fraction of sp³-hybridized carbons (Fsp3) is 1.00. The highest BCUT2D eigenvalue weighted by atomic mass is 16.7. The van der Waals surface area contributed by atoms with E-state index in [4.69, 9.17) is 14.2 Å². The molecule has 2 atom stereocenters. The largest absolute Gasteiger partial charge is 0.376 e. The fourth-order valence-electron chi connectivity index (χ4n) is 2.54. The van der Waals surface area contributed by atoms with Crippen molar-refractivity contribution in [3.05, 3.63) is 0 Å². The van der Waals surface area contributed by atoms with E-state index in [9.17, 15) is 0 Å². The van der Waals surface area contributed by atoms with Crippen LogP contribution in [0.5, 0.6) is 0 Å². The smallest absolute Gasteiger partial charge is 0.158 e. The summed E-state index contributed by atoms with van der Waals surface area (Å²) in [7, 11) is 0. The lowest BCUT2D eigenvalue weighted by atomic mass is 10.1. The van der Waals surface area contributed by atoms with Crippen LogP contribution in [0.3, 0.4) is 0 Å². The molecule has 100 valence electrons. The molecular formula is C13H25NO3. The normalized spacial score (nSPS) is 32.8. The van der Waals surface area contributed by atoms with Crippen molar-refractivity contribution in [2.24, 2.45) is 0 Å². The number of hydrogen-bond donors (Lipinski definition) is 0. The van der Waals surface area contributed by atoms with Gasteiger partial charge in [0.05, 0.1) is 25.9 Å². The predicted octanol–water partition coefficient (Wildman–Crippen LogP) is 1.64. The van der Waals surface area contributed by atoms with Crippen molar-refractivity contribution in [2.45, 2.75) is 51.5 Å².